The van der Waals surface area contributed by atoms with Crippen molar-refractivity contribution in [1.29, 1.82) is 0 Å². The fourth-order valence-electron chi connectivity index (χ4n) is 2.61. The van der Waals surface area contributed by atoms with Gasteiger partial charge in [0, 0.05) is 11.3 Å². The van der Waals surface area contributed by atoms with Crippen molar-refractivity contribution in [2.45, 2.75) is 24.1 Å². The van der Waals surface area contributed by atoms with Gasteiger partial charge in [-0.25, -0.2) is 4.39 Å². The highest BCUT2D eigenvalue weighted by Gasteiger charge is 2.31. The first-order valence-corrected chi connectivity index (χ1v) is 6.64. The van der Waals surface area contributed by atoms with Gasteiger partial charge in [0.05, 0.1) is 0 Å². The summed E-state index contributed by atoms with van der Waals surface area (Å²) < 4.78 is 12.8. The summed E-state index contributed by atoms with van der Waals surface area (Å²) in [7, 11) is 0. The number of fused-ring (bicyclic) bond motifs is 1. The van der Waals surface area contributed by atoms with Gasteiger partial charge >= 0.3 is 0 Å². The highest BCUT2D eigenvalue weighted by Crippen LogP contribution is 2.40. The Balaban J connectivity index is 1.70. The summed E-state index contributed by atoms with van der Waals surface area (Å²) in [5.74, 6) is 0.242. The summed E-state index contributed by atoms with van der Waals surface area (Å²) in [4.78, 5) is 0. The first kappa shape index (κ1) is 11.7. The highest BCUT2D eigenvalue weighted by molar-refractivity contribution is 6.21. The minimum Gasteiger partial charge on any atom is -0.207 e. The average molecular weight is 261 g/mol. The molecule has 18 heavy (non-hydrogen) atoms. The Morgan fingerprint density at radius 2 is 1.83 bits per heavy atom. The summed E-state index contributed by atoms with van der Waals surface area (Å²) in [6.45, 7) is 0. The lowest BCUT2D eigenvalue weighted by Gasteiger charge is -2.33. The van der Waals surface area contributed by atoms with Crippen molar-refractivity contribution in [1.82, 2.24) is 0 Å². The Morgan fingerprint density at radius 3 is 2.56 bits per heavy atom. The van der Waals surface area contributed by atoms with Crippen molar-refractivity contribution in [3.8, 4) is 0 Å². The third-order valence-electron chi connectivity index (χ3n) is 3.67. The van der Waals surface area contributed by atoms with E-state index < -0.39 is 0 Å². The molecule has 0 saturated heterocycles. The number of hydrogen-bond donors (Lipinski definition) is 0. The molecular formula is C16H14ClF. The molecule has 1 aliphatic rings. The molecule has 0 heterocycles. The summed E-state index contributed by atoms with van der Waals surface area (Å²) in [5, 5.41) is 0.0883. The van der Waals surface area contributed by atoms with Gasteiger partial charge in [0.15, 0.2) is 0 Å². The monoisotopic (exact) mass is 260 g/mol. The van der Waals surface area contributed by atoms with Crippen molar-refractivity contribution in [2.24, 2.45) is 0 Å². The molecule has 2 heteroatoms. The standard InChI is InChI=1S/C16H14ClF/c17-16(9-11-5-7-13(18)8-6-11)15-10-12-3-1-2-4-14(12)15/h1-8,15-16H,9-10H2. The molecule has 2 atom stereocenters. The van der Waals surface area contributed by atoms with Crippen LogP contribution in [-0.2, 0) is 12.8 Å². The second kappa shape index (κ2) is 4.74. The minimum absolute atomic E-state index is 0.0883. The lowest BCUT2D eigenvalue weighted by atomic mass is 9.74. The van der Waals surface area contributed by atoms with Crippen LogP contribution in [0, 0.1) is 5.82 Å². The molecule has 0 fully saturated rings. The predicted octanol–water partition coefficient (Wildman–Crippen LogP) is 4.32. The molecule has 1 aliphatic carbocycles. The topological polar surface area (TPSA) is 0 Å². The van der Waals surface area contributed by atoms with Gasteiger partial charge in [-0.15, -0.1) is 11.6 Å². The molecule has 0 bridgehead atoms. The molecule has 2 unspecified atom stereocenters. The van der Waals surface area contributed by atoms with Crippen molar-refractivity contribution in [2.75, 3.05) is 0 Å². The maximum Gasteiger partial charge on any atom is 0.123 e. The van der Waals surface area contributed by atoms with Crippen molar-refractivity contribution < 1.29 is 4.39 Å². The van der Waals surface area contributed by atoms with E-state index in [1.807, 2.05) is 12.1 Å². The predicted molar refractivity (Wildman–Crippen MR) is 72.6 cm³/mol. The lowest BCUT2D eigenvalue weighted by Crippen LogP contribution is -2.26. The minimum atomic E-state index is -0.195. The second-order valence-electron chi connectivity index (χ2n) is 4.86. The van der Waals surface area contributed by atoms with Gasteiger partial charge in [-0.2, -0.15) is 0 Å². The van der Waals surface area contributed by atoms with Gasteiger partial charge in [-0.05, 0) is 41.7 Å². The molecule has 3 rings (SSSR count). The van der Waals surface area contributed by atoms with E-state index in [9.17, 15) is 4.39 Å². The van der Waals surface area contributed by atoms with Crippen molar-refractivity contribution in [3.63, 3.8) is 0 Å². The number of hydrogen-bond acceptors (Lipinski definition) is 0. The van der Waals surface area contributed by atoms with Crippen LogP contribution in [0.5, 0.6) is 0 Å². The molecule has 0 aromatic heterocycles. The molecular weight excluding hydrogens is 247 g/mol. The lowest BCUT2D eigenvalue weighted by molar-refractivity contribution is 0.566. The molecule has 0 N–H and O–H groups in total. The number of halogens is 2. The largest absolute Gasteiger partial charge is 0.207 e. The van der Waals surface area contributed by atoms with E-state index in [4.69, 9.17) is 11.6 Å². The zero-order valence-corrected chi connectivity index (χ0v) is 10.7. The zero-order chi connectivity index (χ0) is 12.5. The van der Waals surface area contributed by atoms with Gasteiger partial charge in [0.1, 0.15) is 5.82 Å². The maximum absolute atomic E-state index is 12.8. The quantitative estimate of drug-likeness (QED) is 0.721. The molecule has 2 aromatic carbocycles. The average Bonchev–Trinajstić information content (AvgIpc) is 2.34. The van der Waals surface area contributed by atoms with Gasteiger partial charge in [-0.3, -0.25) is 0 Å². The summed E-state index contributed by atoms with van der Waals surface area (Å²) in [6.07, 6.45) is 1.85. The summed E-state index contributed by atoms with van der Waals surface area (Å²) in [5.41, 5.74) is 3.88. The van der Waals surface area contributed by atoms with E-state index in [1.165, 1.54) is 23.3 Å². The van der Waals surface area contributed by atoms with Crippen molar-refractivity contribution >= 4 is 11.6 Å². The molecule has 0 nitrogen and oxygen atoms in total. The Kier molecular flexibility index (Phi) is 3.09. The third-order valence-corrected chi connectivity index (χ3v) is 4.13. The normalized spacial score (nSPS) is 18.9. The fourth-order valence-corrected chi connectivity index (χ4v) is 3.01. The van der Waals surface area contributed by atoms with E-state index in [-0.39, 0.29) is 11.2 Å². The number of alkyl halides is 1. The molecule has 2 aromatic rings. The van der Waals surface area contributed by atoms with Gasteiger partial charge in [0.2, 0.25) is 0 Å². The van der Waals surface area contributed by atoms with Crippen molar-refractivity contribution in [3.05, 3.63) is 71.0 Å². The Labute approximate surface area is 111 Å². The van der Waals surface area contributed by atoms with Gasteiger partial charge < -0.3 is 0 Å². The van der Waals surface area contributed by atoms with Crippen LogP contribution in [0.1, 0.15) is 22.6 Å². The van der Waals surface area contributed by atoms with E-state index >= 15 is 0 Å². The van der Waals surface area contributed by atoms with Gasteiger partial charge in [-0.1, -0.05) is 36.4 Å². The van der Waals surface area contributed by atoms with Crippen LogP contribution >= 0.6 is 11.6 Å². The Bertz CT molecular complexity index is 547. The molecule has 0 aliphatic heterocycles. The maximum atomic E-state index is 12.8. The van der Waals surface area contributed by atoms with E-state index in [0.29, 0.717) is 5.92 Å². The Morgan fingerprint density at radius 1 is 1.11 bits per heavy atom. The smallest absolute Gasteiger partial charge is 0.123 e. The van der Waals surface area contributed by atoms with Crippen LogP contribution in [-0.4, -0.2) is 5.38 Å². The molecule has 0 amide bonds. The van der Waals surface area contributed by atoms with E-state index in [1.54, 1.807) is 0 Å². The van der Waals surface area contributed by atoms with Crippen LogP contribution in [0.3, 0.4) is 0 Å². The SMILES string of the molecule is Fc1ccc(CC(Cl)C2Cc3ccccc32)cc1. The second-order valence-corrected chi connectivity index (χ2v) is 5.42. The third kappa shape index (κ3) is 2.15. The highest BCUT2D eigenvalue weighted by atomic mass is 35.5. The zero-order valence-electron chi connectivity index (χ0n) is 9.94. The molecule has 0 radical (unpaired) electrons. The first-order valence-electron chi connectivity index (χ1n) is 6.20. The summed E-state index contributed by atoms with van der Waals surface area (Å²) >= 11 is 6.49. The van der Waals surface area contributed by atoms with E-state index in [2.05, 4.69) is 24.3 Å². The van der Waals surface area contributed by atoms with Crippen LogP contribution in [0.25, 0.3) is 0 Å². The number of benzene rings is 2. The van der Waals surface area contributed by atoms with E-state index in [0.717, 1.165) is 18.4 Å². The summed E-state index contributed by atoms with van der Waals surface area (Å²) in [6, 6.07) is 15.1. The molecule has 0 saturated carbocycles. The van der Waals surface area contributed by atoms with Crippen LogP contribution in [0.2, 0.25) is 0 Å². The van der Waals surface area contributed by atoms with Crippen LogP contribution < -0.4 is 0 Å². The Hall–Kier alpha value is -1.34. The fraction of sp³-hybridized carbons (Fsp3) is 0.250. The van der Waals surface area contributed by atoms with Crippen LogP contribution in [0.4, 0.5) is 4.39 Å². The molecule has 92 valence electrons. The molecule has 0 spiro atoms. The first-order chi connectivity index (χ1) is 8.74. The van der Waals surface area contributed by atoms with Crippen LogP contribution in [0.15, 0.2) is 48.5 Å². The van der Waals surface area contributed by atoms with Gasteiger partial charge in [0.25, 0.3) is 0 Å². The number of rotatable bonds is 3.